The van der Waals surface area contributed by atoms with Gasteiger partial charge in [0.2, 0.25) is 11.8 Å². The van der Waals surface area contributed by atoms with E-state index < -0.39 is 11.6 Å². The monoisotopic (exact) mass is 500 g/mol. The fourth-order valence-corrected chi connectivity index (χ4v) is 4.75. The number of likely N-dealkylation sites (N-methyl/N-ethyl adjacent to an activating group) is 1. The number of hydrogen-bond donors (Lipinski definition) is 2. The summed E-state index contributed by atoms with van der Waals surface area (Å²) in [6.45, 7) is 0. The summed E-state index contributed by atoms with van der Waals surface area (Å²) in [6.07, 6.45) is 4.14. The molecule has 184 valence electrons. The maximum absolute atomic E-state index is 12.5. The lowest BCUT2D eigenvalue weighted by Gasteiger charge is -2.37. The first-order valence-corrected chi connectivity index (χ1v) is 12.4. The molecule has 1 unspecified atom stereocenters. The second kappa shape index (κ2) is 11.7. The molecule has 0 fully saturated rings. The molecular formula is C29H29ClN4O2. The van der Waals surface area contributed by atoms with E-state index in [-0.39, 0.29) is 30.5 Å². The smallest absolute Gasteiger partial charge is 0.242 e. The minimum atomic E-state index is -0.756. The van der Waals surface area contributed by atoms with E-state index in [0.29, 0.717) is 5.69 Å². The van der Waals surface area contributed by atoms with Gasteiger partial charge in [-0.15, -0.1) is 11.6 Å². The summed E-state index contributed by atoms with van der Waals surface area (Å²) in [5.74, 6) is -0.368. The van der Waals surface area contributed by atoms with Crippen LogP contribution in [0.4, 0.5) is 0 Å². The molecule has 0 aliphatic heterocycles. The Morgan fingerprint density at radius 3 is 1.83 bits per heavy atom. The van der Waals surface area contributed by atoms with Gasteiger partial charge in [-0.25, -0.2) is 4.98 Å². The van der Waals surface area contributed by atoms with Crippen LogP contribution in [0.1, 0.15) is 28.8 Å². The molecule has 0 spiro atoms. The Hall–Kier alpha value is -3.90. The first kappa shape index (κ1) is 25.2. The molecule has 0 aliphatic rings. The molecular weight excluding hydrogens is 472 g/mol. The zero-order valence-electron chi connectivity index (χ0n) is 20.1. The van der Waals surface area contributed by atoms with Gasteiger partial charge in [-0.05, 0) is 16.7 Å². The number of hydrogen-bond acceptors (Lipinski definition) is 3. The summed E-state index contributed by atoms with van der Waals surface area (Å²) in [5, 5.41) is 5.40. The number of carbonyl (C=O) groups excluding carboxylic acids is 2. The van der Waals surface area contributed by atoms with Gasteiger partial charge < -0.3 is 15.2 Å². The van der Waals surface area contributed by atoms with E-state index in [1.54, 1.807) is 13.4 Å². The number of amides is 2. The summed E-state index contributed by atoms with van der Waals surface area (Å²) >= 11 is 5.70. The van der Waals surface area contributed by atoms with Crippen molar-refractivity contribution in [1.82, 2.24) is 20.2 Å². The van der Waals surface area contributed by atoms with Gasteiger partial charge in [-0.2, -0.15) is 0 Å². The van der Waals surface area contributed by atoms with Crippen LogP contribution in [0.15, 0.2) is 104 Å². The highest BCUT2D eigenvalue weighted by atomic mass is 35.5. The molecule has 4 rings (SSSR count). The molecule has 0 aliphatic carbocycles. The Balaban J connectivity index is 1.83. The minimum absolute atomic E-state index is 0.141. The minimum Gasteiger partial charge on any atom is -0.357 e. The second-order valence-corrected chi connectivity index (χ2v) is 8.84. The number of benzene rings is 3. The van der Waals surface area contributed by atoms with E-state index in [2.05, 4.69) is 56.6 Å². The maximum atomic E-state index is 12.5. The van der Waals surface area contributed by atoms with Crippen molar-refractivity contribution < 1.29 is 9.59 Å². The third-order valence-electron chi connectivity index (χ3n) is 6.23. The number of halogens is 1. The Morgan fingerprint density at radius 1 is 0.889 bits per heavy atom. The maximum Gasteiger partial charge on any atom is 0.242 e. The quantitative estimate of drug-likeness (QED) is 0.254. The van der Waals surface area contributed by atoms with E-state index in [4.69, 9.17) is 11.6 Å². The van der Waals surface area contributed by atoms with Gasteiger partial charge in [0.05, 0.1) is 12.0 Å². The molecule has 0 radical (unpaired) electrons. The number of aromatic nitrogens is 2. The lowest BCUT2D eigenvalue weighted by Crippen LogP contribution is -2.47. The second-order valence-electron chi connectivity index (χ2n) is 8.46. The van der Waals surface area contributed by atoms with Gasteiger partial charge >= 0.3 is 0 Å². The highest BCUT2D eigenvalue weighted by Crippen LogP contribution is 2.40. The summed E-state index contributed by atoms with van der Waals surface area (Å²) in [6, 6.07) is 30.1. The molecule has 6 nitrogen and oxygen atoms in total. The topological polar surface area (TPSA) is 76.0 Å². The molecule has 0 bridgehead atoms. The Labute approximate surface area is 216 Å². The van der Waals surface area contributed by atoms with Crippen LogP contribution in [0.2, 0.25) is 0 Å². The summed E-state index contributed by atoms with van der Waals surface area (Å²) in [7, 11) is 1.55. The van der Waals surface area contributed by atoms with Crippen molar-refractivity contribution in [2.24, 2.45) is 0 Å². The number of carbonyl (C=O) groups is 2. The van der Waals surface area contributed by atoms with Crippen molar-refractivity contribution in [3.8, 4) is 0 Å². The average Bonchev–Trinajstić information content (AvgIpc) is 3.39. The number of nitrogens with one attached hydrogen (secondary N) is 2. The average molecular weight is 501 g/mol. The van der Waals surface area contributed by atoms with E-state index in [1.165, 1.54) is 0 Å². The number of nitrogens with zero attached hydrogens (tertiary/aromatic N) is 2. The normalized spacial score (nSPS) is 12.1. The van der Waals surface area contributed by atoms with Crippen LogP contribution in [0.25, 0.3) is 0 Å². The van der Waals surface area contributed by atoms with Crippen LogP contribution in [-0.2, 0) is 21.5 Å². The van der Waals surface area contributed by atoms with Crippen molar-refractivity contribution in [2.75, 3.05) is 12.9 Å². The Morgan fingerprint density at radius 2 is 1.39 bits per heavy atom. The molecule has 7 heteroatoms. The molecule has 0 saturated heterocycles. The Kier molecular flexibility index (Phi) is 8.18. The van der Waals surface area contributed by atoms with Crippen molar-refractivity contribution in [3.05, 3.63) is 126 Å². The highest BCUT2D eigenvalue weighted by Gasteiger charge is 2.38. The molecule has 4 aromatic rings. The van der Waals surface area contributed by atoms with Crippen LogP contribution in [0, 0.1) is 0 Å². The molecule has 1 heterocycles. The van der Waals surface area contributed by atoms with Gasteiger partial charge in [0.1, 0.15) is 11.6 Å². The SMILES string of the molecule is CNC(=O)C(Cc1cn(C(c2ccccc2)(c2ccccc2)c2ccccc2)cn1)NC(=O)CCCl. The van der Waals surface area contributed by atoms with Crippen LogP contribution < -0.4 is 10.6 Å². The Bertz CT molecular complexity index is 1180. The van der Waals surface area contributed by atoms with E-state index in [1.807, 2.05) is 60.8 Å². The van der Waals surface area contributed by atoms with Gasteiger partial charge in [0, 0.05) is 32.0 Å². The van der Waals surface area contributed by atoms with Crippen molar-refractivity contribution in [3.63, 3.8) is 0 Å². The van der Waals surface area contributed by atoms with Crippen LogP contribution in [0.3, 0.4) is 0 Å². The van der Waals surface area contributed by atoms with Gasteiger partial charge in [0.25, 0.3) is 0 Å². The van der Waals surface area contributed by atoms with Crippen LogP contribution in [0.5, 0.6) is 0 Å². The summed E-state index contributed by atoms with van der Waals surface area (Å²) in [4.78, 5) is 29.4. The lowest BCUT2D eigenvalue weighted by molar-refractivity contribution is -0.128. The number of rotatable bonds is 10. The molecule has 3 aromatic carbocycles. The summed E-state index contributed by atoms with van der Waals surface area (Å²) < 4.78 is 2.09. The van der Waals surface area contributed by atoms with Crippen molar-refractivity contribution >= 4 is 23.4 Å². The predicted octanol–water partition coefficient (Wildman–Crippen LogP) is 4.13. The zero-order chi connectivity index (χ0) is 25.4. The third kappa shape index (κ3) is 5.19. The molecule has 2 amide bonds. The molecule has 0 saturated carbocycles. The zero-order valence-corrected chi connectivity index (χ0v) is 20.9. The number of imidazole rings is 1. The molecule has 36 heavy (non-hydrogen) atoms. The van der Waals surface area contributed by atoms with Crippen LogP contribution >= 0.6 is 11.6 Å². The standard InChI is InChI=1S/C29H29ClN4O2/c1-31-28(36)26(33-27(35)17-18-30)19-25-20-34(21-32-25)29(22-11-5-2-6-12-22,23-13-7-3-8-14-23)24-15-9-4-10-16-24/h2-16,20-21,26H,17-19H2,1H3,(H,31,36)(H,33,35). The van der Waals surface area contributed by atoms with Crippen molar-refractivity contribution in [1.29, 1.82) is 0 Å². The fourth-order valence-electron chi connectivity index (χ4n) is 4.58. The fraction of sp³-hybridized carbons (Fsp3) is 0.207. The van der Waals surface area contributed by atoms with Crippen molar-refractivity contribution in [2.45, 2.75) is 24.4 Å². The van der Waals surface area contributed by atoms with Gasteiger partial charge in [-0.3, -0.25) is 9.59 Å². The first-order valence-electron chi connectivity index (χ1n) is 11.9. The highest BCUT2D eigenvalue weighted by molar-refractivity contribution is 6.19. The van der Waals surface area contributed by atoms with E-state index >= 15 is 0 Å². The van der Waals surface area contributed by atoms with Gasteiger partial charge in [-0.1, -0.05) is 91.0 Å². The van der Waals surface area contributed by atoms with Crippen LogP contribution in [-0.4, -0.2) is 40.3 Å². The lowest BCUT2D eigenvalue weighted by atomic mass is 9.77. The summed E-state index contributed by atoms with van der Waals surface area (Å²) in [5.41, 5.74) is 3.21. The van der Waals surface area contributed by atoms with E-state index in [0.717, 1.165) is 16.7 Å². The largest absolute Gasteiger partial charge is 0.357 e. The third-order valence-corrected chi connectivity index (χ3v) is 6.42. The van der Waals surface area contributed by atoms with E-state index in [9.17, 15) is 9.59 Å². The molecule has 1 aromatic heterocycles. The molecule has 1 atom stereocenters. The molecule has 2 N–H and O–H groups in total. The predicted molar refractivity (Wildman–Crippen MR) is 142 cm³/mol. The first-order chi connectivity index (χ1) is 17.6. The number of alkyl halides is 1. The van der Waals surface area contributed by atoms with Gasteiger partial charge in [0.15, 0.2) is 0 Å².